The third kappa shape index (κ3) is 8.99. The van der Waals surface area contributed by atoms with E-state index in [9.17, 15) is 9.90 Å². The average molecular weight is 346 g/mol. The molecule has 0 amide bonds. The summed E-state index contributed by atoms with van der Waals surface area (Å²) < 4.78 is 6.09. The Morgan fingerprint density at radius 1 is 1.20 bits per heavy atom. The highest BCUT2D eigenvalue weighted by atomic mass is 16.5. The first-order valence-electron chi connectivity index (χ1n) is 8.78. The number of benzene rings is 1. The Hall–Kier alpha value is -2.23. The van der Waals surface area contributed by atoms with Crippen molar-refractivity contribution >= 4 is 5.97 Å². The molecule has 1 rings (SSSR count). The van der Waals surface area contributed by atoms with E-state index in [1.165, 1.54) is 11.1 Å². The van der Waals surface area contributed by atoms with Crippen molar-refractivity contribution in [1.82, 2.24) is 0 Å². The zero-order chi connectivity index (χ0) is 18.8. The molecular formula is C21H30O4. The van der Waals surface area contributed by atoms with E-state index in [-0.39, 0.29) is 18.3 Å². The second-order valence-electron chi connectivity index (χ2n) is 6.68. The molecule has 0 aliphatic rings. The summed E-state index contributed by atoms with van der Waals surface area (Å²) >= 11 is 0. The van der Waals surface area contributed by atoms with E-state index in [4.69, 9.17) is 9.84 Å². The average Bonchev–Trinajstić information content (AvgIpc) is 2.50. The van der Waals surface area contributed by atoms with Crippen LogP contribution >= 0.6 is 0 Å². The number of hydrogen-bond acceptors (Lipinski definition) is 3. The van der Waals surface area contributed by atoms with Gasteiger partial charge in [0, 0.05) is 18.9 Å². The van der Waals surface area contributed by atoms with E-state index < -0.39 is 5.97 Å². The molecule has 0 fully saturated rings. The number of aromatic hydroxyl groups is 1. The predicted octanol–water partition coefficient (Wildman–Crippen LogP) is 5.26. The Morgan fingerprint density at radius 2 is 1.92 bits per heavy atom. The van der Waals surface area contributed by atoms with Gasteiger partial charge in [-0.2, -0.15) is 0 Å². The number of unbranched alkanes of at least 4 members (excludes halogenated alkanes) is 1. The number of aryl methyl sites for hydroxylation is 1. The maximum atomic E-state index is 10.6. The molecule has 2 N–H and O–H groups in total. The number of carbonyl (C=O) groups is 1. The Labute approximate surface area is 150 Å². The van der Waals surface area contributed by atoms with Crippen LogP contribution < -0.4 is 4.74 Å². The van der Waals surface area contributed by atoms with E-state index in [2.05, 4.69) is 19.1 Å². The standard InChI is InChI=1S/C21H30O4/c1-5-16(4)11-19(10-15(2)3)25-20-13-17(12-18(22)14-20)8-6-7-9-21(23)24/h5,10,12-14,19,22H,6-9,11H2,1-4H3,(H,23,24). The van der Waals surface area contributed by atoms with Gasteiger partial charge in [0.25, 0.3) is 0 Å². The van der Waals surface area contributed by atoms with Crippen molar-refractivity contribution in [3.05, 3.63) is 47.1 Å². The Bertz CT molecular complexity index is 625. The van der Waals surface area contributed by atoms with Crippen molar-refractivity contribution in [3.63, 3.8) is 0 Å². The Morgan fingerprint density at radius 3 is 2.52 bits per heavy atom. The lowest BCUT2D eigenvalue weighted by Gasteiger charge is -2.18. The van der Waals surface area contributed by atoms with Crippen LogP contribution in [0.25, 0.3) is 0 Å². The van der Waals surface area contributed by atoms with Gasteiger partial charge in [-0.05, 0) is 70.7 Å². The summed E-state index contributed by atoms with van der Waals surface area (Å²) in [6.45, 7) is 8.17. The number of ether oxygens (including phenoxy) is 1. The predicted molar refractivity (Wildman–Crippen MR) is 101 cm³/mol. The summed E-state index contributed by atoms with van der Waals surface area (Å²) in [7, 11) is 0. The fourth-order valence-electron chi connectivity index (χ4n) is 2.58. The van der Waals surface area contributed by atoms with Crippen LogP contribution in [0.5, 0.6) is 11.5 Å². The van der Waals surface area contributed by atoms with Crippen molar-refractivity contribution in [3.8, 4) is 11.5 Å². The molecule has 1 unspecified atom stereocenters. The number of rotatable bonds is 10. The van der Waals surface area contributed by atoms with Crippen LogP contribution in [0.15, 0.2) is 41.5 Å². The molecule has 0 aromatic heterocycles. The van der Waals surface area contributed by atoms with Gasteiger partial charge in [-0.3, -0.25) is 4.79 Å². The fraction of sp³-hybridized carbons (Fsp3) is 0.476. The van der Waals surface area contributed by atoms with Gasteiger partial charge in [-0.1, -0.05) is 17.2 Å². The lowest BCUT2D eigenvalue weighted by Crippen LogP contribution is -2.14. The number of allylic oxidation sites excluding steroid dienone is 2. The first-order valence-corrected chi connectivity index (χ1v) is 8.78. The number of phenols is 1. The van der Waals surface area contributed by atoms with E-state index in [1.54, 1.807) is 12.1 Å². The molecule has 25 heavy (non-hydrogen) atoms. The topological polar surface area (TPSA) is 66.8 Å². The monoisotopic (exact) mass is 346 g/mol. The minimum atomic E-state index is -0.774. The van der Waals surface area contributed by atoms with Crippen LogP contribution in [-0.2, 0) is 11.2 Å². The molecule has 0 saturated heterocycles. The van der Waals surface area contributed by atoms with Crippen molar-refractivity contribution < 1.29 is 19.7 Å². The van der Waals surface area contributed by atoms with Crippen LogP contribution in [0.4, 0.5) is 0 Å². The van der Waals surface area contributed by atoms with Crippen LogP contribution in [0.1, 0.15) is 58.9 Å². The molecule has 0 saturated carbocycles. The fourth-order valence-corrected chi connectivity index (χ4v) is 2.58. The Kier molecular flexibility index (Phi) is 8.82. The second-order valence-corrected chi connectivity index (χ2v) is 6.68. The SMILES string of the molecule is CC=C(C)CC(C=C(C)C)Oc1cc(O)cc(CCCCC(=O)O)c1. The third-order valence-corrected chi connectivity index (χ3v) is 3.88. The molecule has 0 aliphatic heterocycles. The largest absolute Gasteiger partial charge is 0.508 e. The number of aliphatic carboxylic acids is 1. The van der Waals surface area contributed by atoms with Gasteiger partial charge in [0.2, 0.25) is 0 Å². The van der Waals surface area contributed by atoms with Gasteiger partial charge in [0.15, 0.2) is 0 Å². The molecular weight excluding hydrogens is 316 g/mol. The lowest BCUT2D eigenvalue weighted by molar-refractivity contribution is -0.137. The van der Waals surface area contributed by atoms with Gasteiger partial charge < -0.3 is 14.9 Å². The minimum absolute atomic E-state index is 0.0807. The zero-order valence-corrected chi connectivity index (χ0v) is 15.7. The molecule has 0 bridgehead atoms. The molecule has 0 radical (unpaired) electrons. The van der Waals surface area contributed by atoms with Gasteiger partial charge in [0.05, 0.1) is 0 Å². The van der Waals surface area contributed by atoms with Crippen molar-refractivity contribution in [2.45, 2.75) is 65.9 Å². The van der Waals surface area contributed by atoms with E-state index in [0.29, 0.717) is 12.2 Å². The summed E-state index contributed by atoms with van der Waals surface area (Å²) in [4.78, 5) is 10.6. The van der Waals surface area contributed by atoms with Crippen molar-refractivity contribution in [2.75, 3.05) is 0 Å². The highest BCUT2D eigenvalue weighted by Gasteiger charge is 2.10. The third-order valence-electron chi connectivity index (χ3n) is 3.88. The molecule has 0 spiro atoms. The van der Waals surface area contributed by atoms with E-state index in [1.807, 2.05) is 26.8 Å². The molecule has 0 aliphatic carbocycles. The second kappa shape index (κ2) is 10.6. The number of phenolic OH excluding ortho intramolecular Hbond substituents is 1. The van der Waals surface area contributed by atoms with Crippen molar-refractivity contribution in [1.29, 1.82) is 0 Å². The quantitative estimate of drug-likeness (QED) is 0.448. The van der Waals surface area contributed by atoms with Crippen LogP contribution in [0, 0.1) is 0 Å². The van der Waals surface area contributed by atoms with E-state index in [0.717, 1.165) is 24.8 Å². The van der Waals surface area contributed by atoms with Gasteiger partial charge in [-0.15, -0.1) is 0 Å². The number of hydrogen-bond donors (Lipinski definition) is 2. The van der Waals surface area contributed by atoms with Crippen LogP contribution in [0.2, 0.25) is 0 Å². The normalized spacial score (nSPS) is 12.6. The molecule has 0 heterocycles. The number of carboxylic acid groups (broad SMARTS) is 1. The van der Waals surface area contributed by atoms with Crippen LogP contribution in [-0.4, -0.2) is 22.3 Å². The van der Waals surface area contributed by atoms with Crippen molar-refractivity contribution in [2.24, 2.45) is 0 Å². The van der Waals surface area contributed by atoms with Gasteiger partial charge in [-0.25, -0.2) is 0 Å². The molecule has 1 atom stereocenters. The number of carboxylic acids is 1. The first-order chi connectivity index (χ1) is 11.8. The molecule has 4 heteroatoms. The smallest absolute Gasteiger partial charge is 0.303 e. The van der Waals surface area contributed by atoms with Crippen LogP contribution in [0.3, 0.4) is 0 Å². The summed E-state index contributed by atoms with van der Waals surface area (Å²) in [5.74, 6) is 0.0351. The molecule has 1 aromatic carbocycles. The van der Waals surface area contributed by atoms with E-state index >= 15 is 0 Å². The molecule has 138 valence electrons. The first kappa shape index (κ1) is 20.8. The molecule has 1 aromatic rings. The summed E-state index contributed by atoms with van der Waals surface area (Å²) in [5, 5.41) is 18.7. The summed E-state index contributed by atoms with van der Waals surface area (Å²) in [6.07, 6.45) is 7.17. The maximum absolute atomic E-state index is 10.6. The highest BCUT2D eigenvalue weighted by Crippen LogP contribution is 2.25. The summed E-state index contributed by atoms with van der Waals surface area (Å²) in [6, 6.07) is 5.26. The highest BCUT2D eigenvalue weighted by molar-refractivity contribution is 5.66. The van der Waals surface area contributed by atoms with Gasteiger partial charge >= 0.3 is 5.97 Å². The molecule has 4 nitrogen and oxygen atoms in total. The zero-order valence-electron chi connectivity index (χ0n) is 15.7. The van der Waals surface area contributed by atoms with Gasteiger partial charge in [0.1, 0.15) is 17.6 Å². The summed E-state index contributed by atoms with van der Waals surface area (Å²) in [5.41, 5.74) is 3.39. The minimum Gasteiger partial charge on any atom is -0.508 e. The maximum Gasteiger partial charge on any atom is 0.303 e. The lowest BCUT2D eigenvalue weighted by atomic mass is 10.1. The Balaban J connectivity index is 2.81.